The molecule has 0 atom stereocenters. The molecule has 1 aromatic heterocycles. The van der Waals surface area contributed by atoms with Crippen molar-refractivity contribution in [1.29, 1.82) is 0 Å². The Morgan fingerprint density at radius 1 is 0.870 bits per heavy atom. The number of aryl methyl sites for hydroxylation is 1. The van der Waals surface area contributed by atoms with Crippen LogP contribution >= 0.6 is 23.7 Å². The van der Waals surface area contributed by atoms with Gasteiger partial charge in [-0.25, -0.2) is 4.98 Å². The monoisotopic (exact) mass is 707 g/mol. The fourth-order valence-electron chi connectivity index (χ4n) is 4.34. The van der Waals surface area contributed by atoms with Crippen LogP contribution in [0.2, 0.25) is 0 Å². The van der Waals surface area contributed by atoms with Gasteiger partial charge < -0.3 is 9.64 Å². The van der Waals surface area contributed by atoms with Crippen molar-refractivity contribution in [2.24, 2.45) is 4.99 Å². The van der Waals surface area contributed by atoms with Crippen LogP contribution in [0.3, 0.4) is 0 Å². The van der Waals surface area contributed by atoms with Gasteiger partial charge in [-0.15, -0.1) is 23.7 Å². The molecular weight excluding hydrogens is 670 g/mol. The van der Waals surface area contributed by atoms with Crippen molar-refractivity contribution in [3.05, 3.63) is 94.3 Å². The van der Waals surface area contributed by atoms with Crippen LogP contribution < -0.4 is 9.64 Å². The highest BCUT2D eigenvalue weighted by Crippen LogP contribution is 2.26. The Kier molecular flexibility index (Phi) is 14.2. The molecule has 0 saturated carbocycles. The minimum Gasteiger partial charge on any atom is -0.486 e. The van der Waals surface area contributed by atoms with Gasteiger partial charge in [0.1, 0.15) is 17.4 Å². The van der Waals surface area contributed by atoms with E-state index in [1.807, 2.05) is 91.3 Å². The number of hydrogen-bond acceptors (Lipinski definition) is 11. The van der Waals surface area contributed by atoms with Crippen LogP contribution in [0.5, 0.6) is 5.75 Å². The summed E-state index contributed by atoms with van der Waals surface area (Å²) in [4.78, 5) is 11.4. The second kappa shape index (κ2) is 17.5. The zero-order valence-corrected chi connectivity index (χ0v) is 29.1. The van der Waals surface area contributed by atoms with Crippen molar-refractivity contribution >= 4 is 61.6 Å². The van der Waals surface area contributed by atoms with Gasteiger partial charge in [-0.2, -0.15) is 16.8 Å². The number of aliphatic imine (C=N–C) groups is 1. The third-order valence-electron chi connectivity index (χ3n) is 6.53. The second-order valence-electron chi connectivity index (χ2n) is 10.3. The lowest BCUT2D eigenvalue weighted by atomic mass is 10.1. The molecule has 248 valence electrons. The van der Waals surface area contributed by atoms with Crippen LogP contribution in [-0.4, -0.2) is 66.8 Å². The molecule has 0 amide bonds. The average molecular weight is 708 g/mol. The number of aromatic nitrogens is 1. The predicted octanol–water partition coefficient (Wildman–Crippen LogP) is 6.41. The van der Waals surface area contributed by atoms with Crippen LogP contribution in [0.4, 0.5) is 11.4 Å². The number of halogens is 1. The zero-order valence-electron chi connectivity index (χ0n) is 25.9. The van der Waals surface area contributed by atoms with Gasteiger partial charge in [-0.05, 0) is 67.3 Å². The minimum atomic E-state index is -3.52. The van der Waals surface area contributed by atoms with E-state index in [0.717, 1.165) is 57.0 Å². The van der Waals surface area contributed by atoms with Crippen LogP contribution in [0.15, 0.2) is 83.2 Å². The molecule has 4 rings (SSSR count). The van der Waals surface area contributed by atoms with E-state index in [0.29, 0.717) is 32.5 Å². The van der Waals surface area contributed by atoms with E-state index < -0.39 is 20.2 Å². The Morgan fingerprint density at radius 3 is 2.09 bits per heavy atom. The van der Waals surface area contributed by atoms with Crippen LogP contribution in [0.1, 0.15) is 29.0 Å². The third-order valence-corrected chi connectivity index (χ3v) is 8.54. The molecule has 46 heavy (non-hydrogen) atoms. The number of nitrogens with zero attached hydrogens (tertiary/aromatic N) is 3. The molecule has 10 nitrogen and oxygen atoms in total. The van der Waals surface area contributed by atoms with E-state index in [9.17, 15) is 16.8 Å². The van der Waals surface area contributed by atoms with Crippen molar-refractivity contribution < 1.29 is 29.9 Å². The lowest BCUT2D eigenvalue weighted by molar-refractivity contribution is 0.305. The number of ether oxygens (including phenoxy) is 1. The standard InChI is InChI=1S/C32H37N3O7S3.ClH/c1-25-21-29(35(17-7-19-41-44(2,36)37)18-8-20-42-45(3,38)39)16-13-27(25)22-33-28-14-11-26(12-15-28)31-24-43-32(34-31)23-40-30-9-5-4-6-10-30;/h4-6,9-16,21-22,24H,7-8,17-20,23H2,1-3H3;1H. The summed E-state index contributed by atoms with van der Waals surface area (Å²) < 4.78 is 60.8. The maximum Gasteiger partial charge on any atom is 0.264 e. The Balaban J connectivity index is 0.00000576. The van der Waals surface area contributed by atoms with Crippen molar-refractivity contribution in [3.8, 4) is 17.0 Å². The Labute approximate surface area is 281 Å². The van der Waals surface area contributed by atoms with Gasteiger partial charge in [0.25, 0.3) is 20.2 Å². The molecule has 0 unspecified atom stereocenters. The molecule has 0 spiro atoms. The lowest BCUT2D eigenvalue weighted by Gasteiger charge is -2.25. The smallest absolute Gasteiger partial charge is 0.264 e. The largest absolute Gasteiger partial charge is 0.486 e. The Bertz CT molecular complexity index is 1740. The molecule has 14 heteroatoms. The Hall–Kier alpha value is -3.33. The van der Waals surface area contributed by atoms with E-state index in [-0.39, 0.29) is 25.6 Å². The molecule has 0 saturated heterocycles. The summed E-state index contributed by atoms with van der Waals surface area (Å²) in [5.41, 5.74) is 5.58. The minimum absolute atomic E-state index is 0. The Morgan fingerprint density at radius 2 is 1.50 bits per heavy atom. The van der Waals surface area contributed by atoms with Gasteiger partial charge in [-0.3, -0.25) is 13.4 Å². The summed E-state index contributed by atoms with van der Waals surface area (Å²) in [6, 6.07) is 23.5. The quantitative estimate of drug-likeness (QED) is 0.0696. The molecule has 0 radical (unpaired) electrons. The van der Waals surface area contributed by atoms with Crippen molar-refractivity contribution in [1.82, 2.24) is 4.98 Å². The highest BCUT2D eigenvalue weighted by atomic mass is 35.5. The van der Waals surface area contributed by atoms with Crippen LogP contribution in [0, 0.1) is 6.92 Å². The first kappa shape index (κ1) is 37.1. The van der Waals surface area contributed by atoms with E-state index >= 15 is 0 Å². The first-order chi connectivity index (χ1) is 21.4. The fourth-order valence-corrected chi connectivity index (χ4v) is 5.89. The highest BCUT2D eigenvalue weighted by molar-refractivity contribution is 7.86. The maximum atomic E-state index is 11.3. The third kappa shape index (κ3) is 12.8. The van der Waals surface area contributed by atoms with E-state index in [4.69, 9.17) is 18.1 Å². The van der Waals surface area contributed by atoms with Crippen LogP contribution in [-0.2, 0) is 35.2 Å². The number of para-hydroxylation sites is 1. The predicted molar refractivity (Wildman–Crippen MR) is 187 cm³/mol. The van der Waals surface area contributed by atoms with Gasteiger partial charge in [0.15, 0.2) is 0 Å². The number of thiazole rings is 1. The molecule has 0 aliphatic rings. The lowest BCUT2D eigenvalue weighted by Crippen LogP contribution is -2.28. The average Bonchev–Trinajstić information content (AvgIpc) is 3.47. The molecule has 0 aliphatic heterocycles. The normalized spacial score (nSPS) is 11.8. The highest BCUT2D eigenvalue weighted by Gasteiger charge is 2.11. The molecule has 0 fully saturated rings. The SMILES string of the molecule is Cc1cc(N(CCCOS(C)(=O)=O)CCCOS(C)(=O)=O)ccc1C=Nc1ccc(-c2csc(COc3ccccc3)n2)cc1.Cl. The zero-order chi connectivity index (χ0) is 32.3. The van der Waals surface area contributed by atoms with Gasteiger partial charge in [0.05, 0.1) is 37.1 Å². The molecule has 0 N–H and O–H groups in total. The number of benzene rings is 3. The summed E-state index contributed by atoms with van der Waals surface area (Å²) in [6.45, 7) is 3.57. The number of anilines is 1. The van der Waals surface area contributed by atoms with Gasteiger partial charge in [0.2, 0.25) is 0 Å². The summed E-state index contributed by atoms with van der Waals surface area (Å²) >= 11 is 1.56. The molecule has 3 aromatic carbocycles. The van der Waals surface area contributed by atoms with Crippen LogP contribution in [0.25, 0.3) is 11.3 Å². The molecular formula is C32H38ClN3O7S3. The van der Waals surface area contributed by atoms with Crippen molar-refractivity contribution in [2.75, 3.05) is 43.7 Å². The van der Waals surface area contributed by atoms with Crippen molar-refractivity contribution in [3.63, 3.8) is 0 Å². The van der Waals surface area contributed by atoms with Gasteiger partial charge in [0, 0.05) is 35.9 Å². The van der Waals surface area contributed by atoms with Gasteiger partial charge in [-0.1, -0.05) is 36.4 Å². The summed E-state index contributed by atoms with van der Waals surface area (Å²) in [5, 5.41) is 2.92. The molecule has 0 bridgehead atoms. The van der Waals surface area contributed by atoms with E-state index in [2.05, 4.69) is 9.89 Å². The first-order valence-corrected chi connectivity index (χ1v) is 18.8. The number of rotatable bonds is 17. The second-order valence-corrected chi connectivity index (χ2v) is 14.6. The fraction of sp³-hybridized carbons (Fsp3) is 0.312. The van der Waals surface area contributed by atoms with E-state index in [1.54, 1.807) is 11.3 Å². The molecule has 0 aliphatic carbocycles. The molecule has 1 heterocycles. The van der Waals surface area contributed by atoms with E-state index in [1.165, 1.54) is 0 Å². The first-order valence-electron chi connectivity index (χ1n) is 14.3. The summed E-state index contributed by atoms with van der Waals surface area (Å²) in [7, 11) is -7.04. The summed E-state index contributed by atoms with van der Waals surface area (Å²) in [6.07, 6.45) is 4.81. The topological polar surface area (TPSA) is 124 Å². The van der Waals surface area contributed by atoms with Gasteiger partial charge >= 0.3 is 0 Å². The van der Waals surface area contributed by atoms with Crippen molar-refractivity contribution in [2.45, 2.75) is 26.4 Å². The molecule has 4 aromatic rings. The summed E-state index contributed by atoms with van der Waals surface area (Å²) in [5.74, 6) is 0.813. The number of hydrogen-bond donors (Lipinski definition) is 0. The maximum absolute atomic E-state index is 11.3.